The molecule has 2 aromatic carbocycles. The van der Waals surface area contributed by atoms with Crippen LogP contribution in [0.3, 0.4) is 0 Å². The molecule has 1 aliphatic heterocycles. The largest absolute Gasteiger partial charge is 0.508 e. The van der Waals surface area contributed by atoms with E-state index in [9.17, 15) is 19.1 Å². The summed E-state index contributed by atoms with van der Waals surface area (Å²) in [6, 6.07) is 12.7. The van der Waals surface area contributed by atoms with E-state index in [4.69, 9.17) is 4.74 Å². The summed E-state index contributed by atoms with van der Waals surface area (Å²) < 4.78 is 18.3. The number of aromatic hydroxyl groups is 1. The maximum Gasteiger partial charge on any atom is 0.336 e. The summed E-state index contributed by atoms with van der Waals surface area (Å²) in [6.07, 6.45) is 0.849. The lowest BCUT2D eigenvalue weighted by atomic mass is 9.72. The predicted octanol–water partition coefficient (Wildman–Crippen LogP) is 4.07. The molecule has 2 atom stereocenters. The van der Waals surface area contributed by atoms with Gasteiger partial charge in [-0.05, 0) is 54.7 Å². The number of carbonyl (C=O) groups is 2. The van der Waals surface area contributed by atoms with Gasteiger partial charge in [0.1, 0.15) is 11.6 Å². The van der Waals surface area contributed by atoms with Gasteiger partial charge >= 0.3 is 5.97 Å². The second kappa shape index (κ2) is 7.78. The molecule has 0 saturated heterocycles. The summed E-state index contributed by atoms with van der Waals surface area (Å²) in [6.45, 7) is 1.79. The van der Waals surface area contributed by atoms with Crippen LogP contribution in [0.1, 0.15) is 42.7 Å². The van der Waals surface area contributed by atoms with Gasteiger partial charge in [0.25, 0.3) is 0 Å². The van der Waals surface area contributed by atoms with Gasteiger partial charge in [-0.1, -0.05) is 24.3 Å². The van der Waals surface area contributed by atoms with Gasteiger partial charge in [0.05, 0.1) is 12.7 Å². The summed E-state index contributed by atoms with van der Waals surface area (Å²) in [5.41, 5.74) is 3.96. The topological polar surface area (TPSA) is 75.6 Å². The molecule has 0 fully saturated rings. The molecule has 2 N–H and O–H groups in total. The van der Waals surface area contributed by atoms with Gasteiger partial charge < -0.3 is 15.2 Å². The normalized spacial score (nSPS) is 21.2. The number of ketones is 1. The van der Waals surface area contributed by atoms with E-state index in [1.54, 1.807) is 31.2 Å². The number of hydrogen-bond acceptors (Lipinski definition) is 5. The quantitative estimate of drug-likeness (QED) is 0.751. The first-order chi connectivity index (χ1) is 14.4. The highest BCUT2D eigenvalue weighted by Gasteiger charge is 2.41. The Morgan fingerprint density at radius 1 is 1.07 bits per heavy atom. The van der Waals surface area contributed by atoms with Crippen molar-refractivity contribution in [1.82, 2.24) is 5.32 Å². The maximum atomic E-state index is 13.3. The average molecular weight is 407 g/mol. The van der Waals surface area contributed by atoms with Gasteiger partial charge in [0.15, 0.2) is 5.78 Å². The monoisotopic (exact) mass is 407 g/mol. The van der Waals surface area contributed by atoms with Crippen LogP contribution in [-0.4, -0.2) is 24.0 Å². The van der Waals surface area contributed by atoms with Gasteiger partial charge in [-0.15, -0.1) is 0 Å². The molecule has 6 heteroatoms. The number of rotatable bonds is 3. The summed E-state index contributed by atoms with van der Waals surface area (Å²) in [7, 11) is 1.31. The summed E-state index contributed by atoms with van der Waals surface area (Å²) in [5, 5.41) is 12.9. The van der Waals surface area contributed by atoms with Crippen LogP contribution in [0.4, 0.5) is 4.39 Å². The van der Waals surface area contributed by atoms with E-state index in [-0.39, 0.29) is 29.7 Å². The fraction of sp³-hybridized carbons (Fsp3) is 0.250. The smallest absolute Gasteiger partial charge is 0.336 e. The number of benzene rings is 2. The van der Waals surface area contributed by atoms with E-state index in [2.05, 4.69) is 5.32 Å². The molecule has 2 aromatic rings. The van der Waals surface area contributed by atoms with Crippen molar-refractivity contribution in [3.05, 3.63) is 88.0 Å². The summed E-state index contributed by atoms with van der Waals surface area (Å²) >= 11 is 0. The van der Waals surface area contributed by atoms with Crippen molar-refractivity contribution >= 4 is 11.8 Å². The number of carbonyl (C=O) groups excluding carboxylic acids is 2. The van der Waals surface area contributed by atoms with Crippen molar-refractivity contribution in [1.29, 1.82) is 0 Å². The van der Waals surface area contributed by atoms with Crippen LogP contribution in [0.2, 0.25) is 0 Å². The predicted molar refractivity (Wildman–Crippen MR) is 109 cm³/mol. The first-order valence-electron chi connectivity index (χ1n) is 9.75. The van der Waals surface area contributed by atoms with Gasteiger partial charge in [-0.2, -0.15) is 0 Å². The van der Waals surface area contributed by atoms with E-state index in [1.807, 2.05) is 0 Å². The molecule has 1 heterocycles. The lowest BCUT2D eigenvalue weighted by Gasteiger charge is -2.36. The van der Waals surface area contributed by atoms with Crippen LogP contribution in [0.25, 0.3) is 0 Å². The Balaban J connectivity index is 1.79. The van der Waals surface area contributed by atoms with Gasteiger partial charge in [0, 0.05) is 29.3 Å². The van der Waals surface area contributed by atoms with Crippen LogP contribution in [0, 0.1) is 5.82 Å². The van der Waals surface area contributed by atoms with Crippen molar-refractivity contribution in [2.24, 2.45) is 0 Å². The van der Waals surface area contributed by atoms with Crippen LogP contribution >= 0.6 is 0 Å². The molecule has 1 aliphatic carbocycles. The van der Waals surface area contributed by atoms with Gasteiger partial charge in [-0.25, -0.2) is 9.18 Å². The number of methoxy groups -OCH3 is 1. The summed E-state index contributed by atoms with van der Waals surface area (Å²) in [4.78, 5) is 25.9. The minimum absolute atomic E-state index is 0.0648. The van der Waals surface area contributed by atoms with Crippen molar-refractivity contribution in [2.45, 2.75) is 31.6 Å². The van der Waals surface area contributed by atoms with Crippen LogP contribution in [0.5, 0.6) is 5.75 Å². The summed E-state index contributed by atoms with van der Waals surface area (Å²) in [5.74, 6) is -1.42. The second-order valence-corrected chi connectivity index (χ2v) is 7.65. The zero-order chi connectivity index (χ0) is 21.4. The number of halogens is 1. The third-order valence-corrected chi connectivity index (χ3v) is 5.80. The van der Waals surface area contributed by atoms with E-state index < -0.39 is 11.9 Å². The van der Waals surface area contributed by atoms with Crippen molar-refractivity contribution in [3.63, 3.8) is 0 Å². The van der Waals surface area contributed by atoms with Gasteiger partial charge in [-0.3, -0.25) is 4.79 Å². The Labute approximate surface area is 173 Å². The number of dihydropyridines is 1. The highest BCUT2D eigenvalue weighted by molar-refractivity contribution is 6.04. The number of nitrogens with one attached hydrogen (secondary N) is 1. The van der Waals surface area contributed by atoms with Crippen LogP contribution in [0.15, 0.2) is 71.1 Å². The van der Waals surface area contributed by atoms with E-state index >= 15 is 0 Å². The van der Waals surface area contributed by atoms with Crippen LogP contribution in [-0.2, 0) is 14.3 Å². The second-order valence-electron chi connectivity index (χ2n) is 7.65. The molecule has 30 heavy (non-hydrogen) atoms. The molecule has 0 saturated carbocycles. The Morgan fingerprint density at radius 2 is 1.70 bits per heavy atom. The molecule has 2 aliphatic rings. The Kier molecular flexibility index (Phi) is 5.16. The molecule has 0 unspecified atom stereocenters. The molecule has 5 nitrogen and oxygen atoms in total. The fourth-order valence-corrected chi connectivity index (χ4v) is 4.39. The zero-order valence-electron chi connectivity index (χ0n) is 16.7. The Bertz CT molecular complexity index is 1070. The standard InChI is InChI=1S/C24H22FNO4/c1-13-21(24(29)30-2)22(15-5-9-18(27)10-6-15)23-19(26-13)11-16(12-20(23)28)14-3-7-17(25)8-4-14/h3-10,16,22,26-27H,11-12H2,1-2H3/t16-,22+/m1/s1. The molecule has 4 rings (SSSR count). The number of ether oxygens (including phenoxy) is 1. The van der Waals surface area contributed by atoms with Crippen LogP contribution < -0.4 is 5.32 Å². The molecule has 0 radical (unpaired) electrons. The first kappa shape index (κ1) is 19.9. The molecule has 0 spiro atoms. The molecule has 0 aromatic heterocycles. The minimum atomic E-state index is -0.573. The first-order valence-corrected chi connectivity index (χ1v) is 9.75. The molecule has 0 amide bonds. The molecule has 154 valence electrons. The lowest BCUT2D eigenvalue weighted by Crippen LogP contribution is -2.36. The van der Waals surface area contributed by atoms with E-state index in [0.717, 1.165) is 16.8 Å². The van der Waals surface area contributed by atoms with Gasteiger partial charge in [0.2, 0.25) is 0 Å². The Morgan fingerprint density at radius 3 is 2.33 bits per heavy atom. The minimum Gasteiger partial charge on any atom is -0.508 e. The number of esters is 1. The fourth-order valence-electron chi connectivity index (χ4n) is 4.39. The number of phenols is 1. The highest BCUT2D eigenvalue weighted by atomic mass is 19.1. The molecular formula is C24H22FNO4. The molecular weight excluding hydrogens is 385 g/mol. The van der Waals surface area contributed by atoms with Crippen molar-refractivity contribution < 1.29 is 23.8 Å². The third kappa shape index (κ3) is 3.49. The number of hydrogen-bond donors (Lipinski definition) is 2. The highest BCUT2D eigenvalue weighted by Crippen LogP contribution is 2.45. The van der Waals surface area contributed by atoms with Crippen molar-refractivity contribution in [2.75, 3.05) is 7.11 Å². The SMILES string of the molecule is COC(=O)C1=C(C)NC2=C(C(=O)C[C@H](c3ccc(F)cc3)C2)[C@H]1c1ccc(O)cc1. The van der Waals surface area contributed by atoms with E-state index in [0.29, 0.717) is 23.3 Å². The Hall–Kier alpha value is -3.41. The average Bonchev–Trinajstić information content (AvgIpc) is 2.73. The van der Waals surface area contributed by atoms with E-state index in [1.165, 1.54) is 31.4 Å². The van der Waals surface area contributed by atoms with Crippen molar-refractivity contribution in [3.8, 4) is 5.75 Å². The number of phenolic OH excluding ortho intramolecular Hbond substituents is 1. The maximum absolute atomic E-state index is 13.3. The number of Topliss-reactive ketones (excluding diaryl/α,β-unsaturated/α-hetero) is 1. The third-order valence-electron chi connectivity index (χ3n) is 5.80. The number of allylic oxidation sites excluding steroid dienone is 3. The zero-order valence-corrected chi connectivity index (χ0v) is 16.7. The lowest BCUT2D eigenvalue weighted by molar-refractivity contribution is -0.136. The molecule has 0 bridgehead atoms.